The molecular weight excluding hydrogens is 228 g/mol. The monoisotopic (exact) mass is 246 g/mol. The number of piperidine rings is 1. The van der Waals surface area contributed by atoms with Crippen LogP contribution in [0.1, 0.15) is 32.3 Å². The highest BCUT2D eigenvalue weighted by Gasteiger charge is 2.38. The van der Waals surface area contributed by atoms with Crippen LogP contribution in [0.2, 0.25) is 0 Å². The molecule has 1 heterocycles. The number of aryl methyl sites for hydroxylation is 1. The fraction of sp³-hybridized carbons (Fsp3) is 0.429. The molecule has 1 aliphatic heterocycles. The van der Waals surface area contributed by atoms with Crippen molar-refractivity contribution in [2.75, 3.05) is 10.6 Å². The molecule has 0 saturated carbocycles. The smallest absolute Gasteiger partial charge is 0.234 e. The summed E-state index contributed by atoms with van der Waals surface area (Å²) < 4.78 is 0. The van der Waals surface area contributed by atoms with Crippen LogP contribution >= 0.6 is 0 Å². The van der Waals surface area contributed by atoms with Crippen LogP contribution in [-0.2, 0) is 9.59 Å². The third-order valence-electron chi connectivity index (χ3n) is 3.27. The minimum absolute atomic E-state index is 0.138. The minimum atomic E-state index is -0.243. The Kier molecular flexibility index (Phi) is 2.89. The molecule has 1 fully saturated rings. The van der Waals surface area contributed by atoms with E-state index in [2.05, 4.69) is 0 Å². The number of carbonyl (C=O) groups excluding carboxylic acids is 2. The van der Waals surface area contributed by atoms with Gasteiger partial charge >= 0.3 is 0 Å². The Hall–Kier alpha value is -1.84. The second-order valence-electron chi connectivity index (χ2n) is 5.68. The maximum Gasteiger partial charge on any atom is 0.234 e. The highest BCUT2D eigenvalue weighted by atomic mass is 16.2. The number of rotatable bonds is 1. The van der Waals surface area contributed by atoms with E-state index in [0.717, 1.165) is 5.56 Å². The molecule has 96 valence electrons. The summed E-state index contributed by atoms with van der Waals surface area (Å²) >= 11 is 0. The van der Waals surface area contributed by atoms with Crippen molar-refractivity contribution >= 4 is 23.2 Å². The predicted octanol–water partition coefficient (Wildman–Crippen LogP) is 2.26. The largest absolute Gasteiger partial charge is 0.399 e. The SMILES string of the molecule is Cc1cc(N2C(=O)CC(C)(C)CC2=O)ccc1N. The molecule has 0 aromatic heterocycles. The first-order valence-corrected chi connectivity index (χ1v) is 6.02. The van der Waals surface area contributed by atoms with Crippen molar-refractivity contribution in [3.63, 3.8) is 0 Å². The van der Waals surface area contributed by atoms with Crippen LogP contribution in [0.25, 0.3) is 0 Å². The van der Waals surface area contributed by atoms with Gasteiger partial charge in [-0.25, -0.2) is 0 Å². The number of nitrogens with zero attached hydrogens (tertiary/aromatic N) is 1. The Morgan fingerprint density at radius 3 is 2.22 bits per heavy atom. The molecule has 2 amide bonds. The number of nitrogen functional groups attached to an aromatic ring is 1. The van der Waals surface area contributed by atoms with E-state index < -0.39 is 0 Å². The predicted molar refractivity (Wildman–Crippen MR) is 71.1 cm³/mol. The van der Waals surface area contributed by atoms with Gasteiger partial charge in [0.2, 0.25) is 11.8 Å². The maximum atomic E-state index is 12.1. The van der Waals surface area contributed by atoms with Crippen LogP contribution in [0.3, 0.4) is 0 Å². The van der Waals surface area contributed by atoms with Gasteiger partial charge < -0.3 is 5.73 Å². The van der Waals surface area contributed by atoms with Crippen molar-refractivity contribution in [3.05, 3.63) is 23.8 Å². The molecule has 0 unspecified atom stereocenters. The van der Waals surface area contributed by atoms with E-state index in [1.165, 1.54) is 4.90 Å². The summed E-state index contributed by atoms with van der Waals surface area (Å²) in [6, 6.07) is 5.23. The highest BCUT2D eigenvalue weighted by Crippen LogP contribution is 2.34. The minimum Gasteiger partial charge on any atom is -0.399 e. The van der Waals surface area contributed by atoms with Gasteiger partial charge in [-0.05, 0) is 36.1 Å². The van der Waals surface area contributed by atoms with Crippen LogP contribution in [0.5, 0.6) is 0 Å². The van der Waals surface area contributed by atoms with Gasteiger partial charge in [0, 0.05) is 18.5 Å². The molecule has 4 heteroatoms. The first kappa shape index (κ1) is 12.6. The number of imide groups is 1. The fourth-order valence-electron chi connectivity index (χ4n) is 2.27. The van der Waals surface area contributed by atoms with Crippen molar-refractivity contribution in [3.8, 4) is 0 Å². The standard InChI is InChI=1S/C14H18N2O2/c1-9-6-10(4-5-11(9)15)16-12(17)7-14(2,3)8-13(16)18/h4-6H,7-8,15H2,1-3H3. The average Bonchev–Trinajstić information content (AvgIpc) is 2.20. The summed E-state index contributed by atoms with van der Waals surface area (Å²) in [5.74, 6) is -0.277. The lowest BCUT2D eigenvalue weighted by molar-refractivity contribution is -0.132. The Balaban J connectivity index is 2.36. The van der Waals surface area contributed by atoms with Gasteiger partial charge in [0.25, 0.3) is 0 Å². The highest BCUT2D eigenvalue weighted by molar-refractivity contribution is 6.17. The lowest BCUT2D eigenvalue weighted by Crippen LogP contribution is -2.46. The third kappa shape index (κ3) is 2.23. The van der Waals surface area contributed by atoms with E-state index in [9.17, 15) is 9.59 Å². The van der Waals surface area contributed by atoms with Crippen molar-refractivity contribution in [2.24, 2.45) is 5.41 Å². The van der Waals surface area contributed by atoms with E-state index in [1.807, 2.05) is 20.8 Å². The molecule has 18 heavy (non-hydrogen) atoms. The zero-order chi connectivity index (χ0) is 13.5. The maximum absolute atomic E-state index is 12.1. The Morgan fingerprint density at radius 2 is 1.72 bits per heavy atom. The van der Waals surface area contributed by atoms with Gasteiger partial charge in [0.05, 0.1) is 5.69 Å². The molecule has 1 saturated heterocycles. The van der Waals surface area contributed by atoms with E-state index in [4.69, 9.17) is 5.73 Å². The van der Waals surface area contributed by atoms with Crippen molar-refractivity contribution in [1.29, 1.82) is 0 Å². The summed E-state index contributed by atoms with van der Waals surface area (Å²) in [6.07, 6.45) is 0.782. The van der Waals surface area contributed by atoms with Crippen molar-refractivity contribution < 1.29 is 9.59 Å². The molecular formula is C14H18N2O2. The number of hydrogen-bond acceptors (Lipinski definition) is 3. The van der Waals surface area contributed by atoms with Crippen LogP contribution < -0.4 is 10.6 Å². The summed E-state index contributed by atoms with van der Waals surface area (Å²) in [7, 11) is 0. The second-order valence-corrected chi connectivity index (χ2v) is 5.68. The molecule has 0 radical (unpaired) electrons. The zero-order valence-corrected chi connectivity index (χ0v) is 11.0. The van der Waals surface area contributed by atoms with Gasteiger partial charge in [-0.2, -0.15) is 0 Å². The average molecular weight is 246 g/mol. The second kappa shape index (κ2) is 4.12. The van der Waals surface area contributed by atoms with Gasteiger partial charge in [0.15, 0.2) is 0 Å². The number of hydrogen-bond donors (Lipinski definition) is 1. The first-order valence-electron chi connectivity index (χ1n) is 6.02. The number of nitrogens with two attached hydrogens (primary N) is 1. The van der Waals surface area contributed by atoms with E-state index in [1.54, 1.807) is 18.2 Å². The molecule has 1 aromatic carbocycles. The molecule has 0 bridgehead atoms. The van der Waals surface area contributed by atoms with Crippen molar-refractivity contribution in [1.82, 2.24) is 0 Å². The zero-order valence-electron chi connectivity index (χ0n) is 11.0. The Bertz CT molecular complexity index is 501. The fourth-order valence-corrected chi connectivity index (χ4v) is 2.27. The number of carbonyl (C=O) groups is 2. The van der Waals surface area contributed by atoms with Crippen molar-refractivity contribution in [2.45, 2.75) is 33.6 Å². The van der Waals surface area contributed by atoms with Gasteiger partial charge in [-0.15, -0.1) is 0 Å². The molecule has 0 spiro atoms. The van der Waals surface area contributed by atoms with Gasteiger partial charge in [-0.1, -0.05) is 13.8 Å². The van der Waals surface area contributed by atoms with Gasteiger partial charge in [0.1, 0.15) is 0 Å². The number of amides is 2. The summed E-state index contributed by atoms with van der Waals surface area (Å²) in [6.45, 7) is 5.74. The van der Waals surface area contributed by atoms with E-state index in [-0.39, 0.29) is 17.2 Å². The van der Waals surface area contributed by atoms with Crippen LogP contribution in [-0.4, -0.2) is 11.8 Å². The third-order valence-corrected chi connectivity index (χ3v) is 3.27. The molecule has 1 aromatic rings. The summed E-state index contributed by atoms with van der Waals surface area (Å²) in [5, 5.41) is 0. The van der Waals surface area contributed by atoms with Crippen LogP contribution in [0.15, 0.2) is 18.2 Å². The normalized spacial score (nSPS) is 19.2. The van der Waals surface area contributed by atoms with Crippen LogP contribution in [0, 0.1) is 12.3 Å². The topological polar surface area (TPSA) is 63.4 Å². The summed E-state index contributed by atoms with van der Waals surface area (Å²) in [5.41, 5.74) is 7.65. The Morgan fingerprint density at radius 1 is 1.17 bits per heavy atom. The lowest BCUT2D eigenvalue weighted by atomic mass is 9.81. The molecule has 2 N–H and O–H groups in total. The lowest BCUT2D eigenvalue weighted by Gasteiger charge is -2.34. The summed E-state index contributed by atoms with van der Waals surface area (Å²) in [4.78, 5) is 25.5. The quantitative estimate of drug-likeness (QED) is 0.610. The molecule has 2 rings (SSSR count). The Labute approximate surface area is 107 Å². The first-order chi connectivity index (χ1) is 8.30. The molecule has 0 atom stereocenters. The number of anilines is 2. The van der Waals surface area contributed by atoms with Crippen LogP contribution in [0.4, 0.5) is 11.4 Å². The molecule has 4 nitrogen and oxygen atoms in total. The van der Waals surface area contributed by atoms with E-state index in [0.29, 0.717) is 24.2 Å². The van der Waals surface area contributed by atoms with E-state index >= 15 is 0 Å². The molecule has 0 aliphatic carbocycles. The number of benzene rings is 1. The van der Waals surface area contributed by atoms with Gasteiger partial charge in [-0.3, -0.25) is 14.5 Å². The molecule has 1 aliphatic rings.